The summed E-state index contributed by atoms with van der Waals surface area (Å²) in [5, 5.41) is 12.6. The van der Waals surface area contributed by atoms with Crippen molar-refractivity contribution < 1.29 is 0 Å². The standard InChI is InChI=1S/C18H22N2/c19-10-12-4-6-13(7-5-12)11-20-18-9-14-8-17(18)16-3-1-2-15(14)16/h4-7,14-18,20H,1-3,8-9,11H2. The second-order valence-electron chi connectivity index (χ2n) is 6.95. The highest BCUT2D eigenvalue weighted by atomic mass is 14.9. The Labute approximate surface area is 121 Å². The number of rotatable bonds is 3. The van der Waals surface area contributed by atoms with Crippen LogP contribution in [0, 0.1) is 35.0 Å². The largest absolute Gasteiger partial charge is 0.310 e. The number of fused-ring (bicyclic) bond motifs is 5. The number of nitriles is 1. The molecule has 0 aliphatic heterocycles. The maximum absolute atomic E-state index is 8.82. The fourth-order valence-corrected chi connectivity index (χ4v) is 5.25. The molecule has 0 amide bonds. The molecule has 2 nitrogen and oxygen atoms in total. The Bertz CT molecular complexity index is 527. The average molecular weight is 266 g/mol. The minimum atomic E-state index is 0.745. The van der Waals surface area contributed by atoms with Crippen molar-refractivity contribution in [2.75, 3.05) is 0 Å². The molecule has 0 radical (unpaired) electrons. The van der Waals surface area contributed by atoms with Crippen LogP contribution in [0.25, 0.3) is 0 Å². The van der Waals surface area contributed by atoms with E-state index in [4.69, 9.17) is 5.26 Å². The van der Waals surface area contributed by atoms with Gasteiger partial charge in [-0.15, -0.1) is 0 Å². The molecule has 0 saturated heterocycles. The molecule has 20 heavy (non-hydrogen) atoms. The van der Waals surface area contributed by atoms with Crippen molar-refractivity contribution in [2.45, 2.75) is 44.7 Å². The summed E-state index contributed by atoms with van der Waals surface area (Å²) >= 11 is 0. The Morgan fingerprint density at radius 1 is 1.05 bits per heavy atom. The molecule has 1 aromatic carbocycles. The van der Waals surface area contributed by atoms with Crippen molar-refractivity contribution >= 4 is 0 Å². The predicted octanol–water partition coefficient (Wildman–Crippen LogP) is 3.47. The van der Waals surface area contributed by atoms with Crippen molar-refractivity contribution in [2.24, 2.45) is 23.7 Å². The van der Waals surface area contributed by atoms with E-state index in [-0.39, 0.29) is 0 Å². The van der Waals surface area contributed by atoms with E-state index in [0.29, 0.717) is 0 Å². The summed E-state index contributed by atoms with van der Waals surface area (Å²) < 4.78 is 0. The van der Waals surface area contributed by atoms with Gasteiger partial charge >= 0.3 is 0 Å². The summed E-state index contributed by atoms with van der Waals surface area (Å²) in [6.07, 6.45) is 7.36. The molecular weight excluding hydrogens is 244 g/mol. The lowest BCUT2D eigenvalue weighted by Crippen LogP contribution is -2.38. The molecule has 2 bridgehead atoms. The Morgan fingerprint density at radius 2 is 1.85 bits per heavy atom. The molecule has 1 aromatic rings. The normalized spacial score (nSPS) is 37.9. The van der Waals surface area contributed by atoms with E-state index in [0.717, 1.165) is 41.8 Å². The zero-order valence-corrected chi connectivity index (χ0v) is 11.9. The Morgan fingerprint density at radius 3 is 2.65 bits per heavy atom. The van der Waals surface area contributed by atoms with Gasteiger partial charge in [0.25, 0.3) is 0 Å². The molecule has 1 N–H and O–H groups in total. The monoisotopic (exact) mass is 266 g/mol. The summed E-state index contributed by atoms with van der Waals surface area (Å²) in [6.45, 7) is 0.955. The number of nitrogens with one attached hydrogen (secondary N) is 1. The van der Waals surface area contributed by atoms with Gasteiger partial charge in [-0.25, -0.2) is 0 Å². The summed E-state index contributed by atoms with van der Waals surface area (Å²) in [5.74, 6) is 4.08. The minimum Gasteiger partial charge on any atom is -0.310 e. The van der Waals surface area contributed by atoms with Crippen LogP contribution >= 0.6 is 0 Å². The number of hydrogen-bond acceptors (Lipinski definition) is 2. The third kappa shape index (κ3) is 1.96. The zero-order chi connectivity index (χ0) is 13.5. The maximum Gasteiger partial charge on any atom is 0.0991 e. The van der Waals surface area contributed by atoms with E-state index in [2.05, 4.69) is 23.5 Å². The summed E-state index contributed by atoms with van der Waals surface area (Å²) in [6, 6.07) is 10.9. The Kier molecular flexibility index (Phi) is 3.04. The second-order valence-corrected chi connectivity index (χ2v) is 6.95. The number of hydrogen-bond donors (Lipinski definition) is 1. The molecule has 5 atom stereocenters. The first-order valence-electron chi connectivity index (χ1n) is 8.07. The molecule has 0 aromatic heterocycles. The van der Waals surface area contributed by atoms with Crippen molar-refractivity contribution in [3.05, 3.63) is 35.4 Å². The molecule has 104 valence electrons. The molecular formula is C18H22N2. The quantitative estimate of drug-likeness (QED) is 0.909. The van der Waals surface area contributed by atoms with Crippen LogP contribution in [0.15, 0.2) is 24.3 Å². The molecule has 5 unspecified atom stereocenters. The molecule has 3 fully saturated rings. The molecule has 0 heterocycles. The van der Waals surface area contributed by atoms with E-state index < -0.39 is 0 Å². The van der Waals surface area contributed by atoms with Gasteiger partial charge in [-0.2, -0.15) is 5.26 Å². The average Bonchev–Trinajstić information content (AvgIpc) is 3.17. The van der Waals surface area contributed by atoms with Crippen LogP contribution in [0.4, 0.5) is 0 Å². The maximum atomic E-state index is 8.82. The third-order valence-electron chi connectivity index (χ3n) is 6.08. The number of benzene rings is 1. The zero-order valence-electron chi connectivity index (χ0n) is 11.9. The van der Waals surface area contributed by atoms with Crippen LogP contribution in [0.3, 0.4) is 0 Å². The van der Waals surface area contributed by atoms with Gasteiger partial charge in [0.05, 0.1) is 11.6 Å². The van der Waals surface area contributed by atoms with Crippen molar-refractivity contribution in [1.82, 2.24) is 5.32 Å². The van der Waals surface area contributed by atoms with Crippen LogP contribution in [0.1, 0.15) is 43.2 Å². The van der Waals surface area contributed by atoms with Crippen LogP contribution < -0.4 is 5.32 Å². The van der Waals surface area contributed by atoms with E-state index in [1.807, 2.05) is 12.1 Å². The summed E-state index contributed by atoms with van der Waals surface area (Å²) in [7, 11) is 0. The van der Waals surface area contributed by atoms with Gasteiger partial charge in [0, 0.05) is 12.6 Å². The summed E-state index contributed by atoms with van der Waals surface area (Å²) in [5.41, 5.74) is 2.05. The highest BCUT2D eigenvalue weighted by Crippen LogP contribution is 2.58. The fraction of sp³-hybridized carbons (Fsp3) is 0.611. The van der Waals surface area contributed by atoms with Crippen LogP contribution in [0.2, 0.25) is 0 Å². The molecule has 3 saturated carbocycles. The topological polar surface area (TPSA) is 35.8 Å². The van der Waals surface area contributed by atoms with Crippen LogP contribution in [0.5, 0.6) is 0 Å². The van der Waals surface area contributed by atoms with Gasteiger partial charge in [0.2, 0.25) is 0 Å². The lowest BCUT2D eigenvalue weighted by atomic mass is 9.79. The van der Waals surface area contributed by atoms with E-state index in [1.165, 1.54) is 37.7 Å². The second kappa shape index (κ2) is 4.90. The Hall–Kier alpha value is -1.33. The predicted molar refractivity (Wildman–Crippen MR) is 78.8 cm³/mol. The molecule has 2 heteroatoms. The highest BCUT2D eigenvalue weighted by Gasteiger charge is 2.53. The van der Waals surface area contributed by atoms with Gasteiger partial charge in [0.1, 0.15) is 0 Å². The lowest BCUT2D eigenvalue weighted by molar-refractivity contribution is 0.208. The smallest absolute Gasteiger partial charge is 0.0991 e. The first-order valence-corrected chi connectivity index (χ1v) is 8.07. The molecule has 4 rings (SSSR count). The van der Waals surface area contributed by atoms with Gasteiger partial charge < -0.3 is 5.32 Å². The van der Waals surface area contributed by atoms with Crippen LogP contribution in [-0.2, 0) is 6.54 Å². The SMILES string of the molecule is N#Cc1ccc(CNC2CC3CC2C2CCCC32)cc1. The minimum absolute atomic E-state index is 0.745. The highest BCUT2D eigenvalue weighted by molar-refractivity contribution is 5.31. The van der Waals surface area contributed by atoms with Gasteiger partial charge in [0.15, 0.2) is 0 Å². The molecule has 3 aliphatic rings. The lowest BCUT2D eigenvalue weighted by Gasteiger charge is -2.32. The first kappa shape index (κ1) is 12.4. The molecule has 0 spiro atoms. The third-order valence-corrected chi connectivity index (χ3v) is 6.08. The summed E-state index contributed by atoms with van der Waals surface area (Å²) in [4.78, 5) is 0. The van der Waals surface area contributed by atoms with E-state index in [9.17, 15) is 0 Å². The molecule has 3 aliphatic carbocycles. The van der Waals surface area contributed by atoms with Crippen molar-refractivity contribution in [3.63, 3.8) is 0 Å². The van der Waals surface area contributed by atoms with E-state index >= 15 is 0 Å². The van der Waals surface area contributed by atoms with Gasteiger partial charge in [-0.05, 0) is 67.1 Å². The van der Waals surface area contributed by atoms with Crippen molar-refractivity contribution in [3.8, 4) is 6.07 Å². The Balaban J connectivity index is 1.37. The van der Waals surface area contributed by atoms with Crippen molar-refractivity contribution in [1.29, 1.82) is 5.26 Å². The van der Waals surface area contributed by atoms with Gasteiger partial charge in [-0.1, -0.05) is 18.6 Å². The number of nitrogens with zero attached hydrogens (tertiary/aromatic N) is 1. The van der Waals surface area contributed by atoms with Crippen LogP contribution in [-0.4, -0.2) is 6.04 Å². The van der Waals surface area contributed by atoms with E-state index in [1.54, 1.807) is 0 Å². The fourth-order valence-electron chi connectivity index (χ4n) is 5.25. The van der Waals surface area contributed by atoms with Gasteiger partial charge in [-0.3, -0.25) is 0 Å². The first-order chi connectivity index (χ1) is 9.85.